The first kappa shape index (κ1) is 22.8. The van der Waals surface area contributed by atoms with Crippen LogP contribution in [0.1, 0.15) is 22.8 Å². The molecule has 0 aliphatic heterocycles. The Bertz CT molecular complexity index is 1040. The lowest BCUT2D eigenvalue weighted by atomic mass is 10.2. The van der Waals surface area contributed by atoms with Crippen LogP contribution in [-0.4, -0.2) is 39.5 Å². The topological polar surface area (TPSA) is 154 Å². The van der Waals surface area contributed by atoms with Crippen molar-refractivity contribution in [3.63, 3.8) is 0 Å². The van der Waals surface area contributed by atoms with E-state index in [0.717, 1.165) is 11.6 Å². The summed E-state index contributed by atoms with van der Waals surface area (Å²) in [7, 11) is -2.91. The molecule has 11 heteroatoms. The average Bonchev–Trinajstić information content (AvgIpc) is 2.71. The number of rotatable bonds is 7. The highest BCUT2D eigenvalue weighted by Crippen LogP contribution is 2.24. The monoisotopic (exact) mass is 435 g/mol. The lowest BCUT2D eigenvalue weighted by Gasteiger charge is -2.14. The first-order valence-electron chi connectivity index (χ1n) is 8.66. The van der Waals surface area contributed by atoms with Crippen LogP contribution in [0.2, 0.25) is 0 Å². The number of carbonyl (C=O) groups is 3. The number of benzene rings is 2. The zero-order valence-corrected chi connectivity index (χ0v) is 17.1. The number of urea groups is 1. The Kier molecular flexibility index (Phi) is 7.50. The number of nitrogens with two attached hydrogens (primary N) is 1. The number of nitrogens with one attached hydrogen (secondary N) is 2. The molecule has 0 fully saturated rings. The number of primary sulfonamides is 1. The number of carbonyl (C=O) groups excluding carboxylic acids is 3. The van der Waals surface area contributed by atoms with Crippen LogP contribution in [-0.2, 0) is 26.1 Å². The first-order chi connectivity index (χ1) is 14.1. The van der Waals surface area contributed by atoms with Gasteiger partial charge in [0.05, 0.1) is 12.7 Å². The van der Waals surface area contributed by atoms with Gasteiger partial charge in [-0.25, -0.2) is 23.1 Å². The van der Waals surface area contributed by atoms with E-state index in [2.05, 4.69) is 10.6 Å². The fourth-order valence-electron chi connectivity index (χ4n) is 2.34. The summed E-state index contributed by atoms with van der Waals surface area (Å²) in [4.78, 5) is 35.8. The van der Waals surface area contributed by atoms with Crippen LogP contribution < -0.4 is 20.5 Å². The normalized spacial score (nSPS) is 11.8. The van der Waals surface area contributed by atoms with Crippen molar-refractivity contribution in [2.45, 2.75) is 24.5 Å². The third-order valence-electron chi connectivity index (χ3n) is 3.89. The van der Waals surface area contributed by atoms with Gasteiger partial charge in [-0.2, -0.15) is 0 Å². The Balaban J connectivity index is 1.96. The molecule has 30 heavy (non-hydrogen) atoms. The molecule has 160 valence electrons. The van der Waals surface area contributed by atoms with Crippen LogP contribution in [0.15, 0.2) is 53.4 Å². The van der Waals surface area contributed by atoms with Gasteiger partial charge in [0.15, 0.2) is 6.10 Å². The van der Waals surface area contributed by atoms with Gasteiger partial charge in [0, 0.05) is 6.54 Å². The molecule has 4 N–H and O–H groups in total. The van der Waals surface area contributed by atoms with E-state index in [4.69, 9.17) is 14.6 Å². The van der Waals surface area contributed by atoms with Crippen LogP contribution in [0.25, 0.3) is 0 Å². The summed E-state index contributed by atoms with van der Waals surface area (Å²) in [5.41, 5.74) is 0.678. The number of hydrogen-bond donors (Lipinski definition) is 3. The molecule has 0 radical (unpaired) electrons. The number of esters is 1. The summed E-state index contributed by atoms with van der Waals surface area (Å²) in [5, 5.41) is 9.67. The fraction of sp³-hybridized carbons (Fsp3) is 0.211. The predicted octanol–water partition coefficient (Wildman–Crippen LogP) is 0.914. The maximum atomic E-state index is 12.3. The molecule has 0 saturated carbocycles. The SMILES string of the molecule is COc1ccc(C(=O)O[C@H](C)C(=O)NC(=O)NCc2ccccc2)cc1S(N)(=O)=O. The van der Waals surface area contributed by atoms with E-state index in [9.17, 15) is 22.8 Å². The van der Waals surface area contributed by atoms with E-state index in [0.29, 0.717) is 0 Å². The maximum Gasteiger partial charge on any atom is 0.338 e. The van der Waals surface area contributed by atoms with Crippen molar-refractivity contribution >= 4 is 27.9 Å². The van der Waals surface area contributed by atoms with Gasteiger partial charge in [-0.3, -0.25) is 10.1 Å². The minimum Gasteiger partial charge on any atom is -0.495 e. The fourth-order valence-corrected chi connectivity index (χ4v) is 3.07. The molecule has 10 nitrogen and oxygen atoms in total. The molecule has 0 unspecified atom stereocenters. The standard InChI is InChI=1S/C19H21N3O7S/c1-12(17(23)22-19(25)21-11-13-6-4-3-5-7-13)29-18(24)14-8-9-15(28-2)16(10-14)30(20,26)27/h3-10,12H,11H2,1-2H3,(H2,20,26,27)(H2,21,22,23,25)/t12-/m1/s1. The molecule has 3 amide bonds. The Morgan fingerprint density at radius 3 is 2.37 bits per heavy atom. The van der Waals surface area contributed by atoms with Gasteiger partial charge >= 0.3 is 12.0 Å². The number of imide groups is 1. The molecule has 2 rings (SSSR count). The van der Waals surface area contributed by atoms with Gasteiger partial charge < -0.3 is 14.8 Å². The van der Waals surface area contributed by atoms with Crippen LogP contribution in [0.4, 0.5) is 4.79 Å². The first-order valence-corrected chi connectivity index (χ1v) is 10.2. The quantitative estimate of drug-likeness (QED) is 0.546. The summed E-state index contributed by atoms with van der Waals surface area (Å²) < 4.78 is 33.2. The summed E-state index contributed by atoms with van der Waals surface area (Å²) in [6.45, 7) is 1.47. The van der Waals surface area contributed by atoms with E-state index in [1.807, 2.05) is 18.2 Å². The number of sulfonamides is 1. The van der Waals surface area contributed by atoms with E-state index in [-0.39, 0.29) is 17.9 Å². The molecule has 0 aliphatic rings. The Labute approximate surface area is 173 Å². The second-order valence-corrected chi connectivity index (χ2v) is 7.65. The number of amides is 3. The van der Waals surface area contributed by atoms with Crippen LogP contribution in [0.3, 0.4) is 0 Å². The lowest BCUT2D eigenvalue weighted by molar-refractivity contribution is -0.127. The second kappa shape index (κ2) is 9.85. The zero-order valence-electron chi connectivity index (χ0n) is 16.2. The van der Waals surface area contributed by atoms with Gasteiger partial charge in [0.1, 0.15) is 10.6 Å². The van der Waals surface area contributed by atoms with Crippen LogP contribution >= 0.6 is 0 Å². The number of ether oxygens (including phenoxy) is 2. The molecule has 2 aromatic carbocycles. The summed E-state index contributed by atoms with van der Waals surface area (Å²) in [5.74, 6) is -1.88. The van der Waals surface area contributed by atoms with E-state index in [1.54, 1.807) is 12.1 Å². The van der Waals surface area contributed by atoms with Crippen molar-refractivity contribution in [1.82, 2.24) is 10.6 Å². The molecule has 2 aromatic rings. The van der Waals surface area contributed by atoms with Gasteiger partial charge in [-0.05, 0) is 30.7 Å². The Morgan fingerprint density at radius 2 is 1.77 bits per heavy atom. The zero-order chi connectivity index (χ0) is 22.3. The highest BCUT2D eigenvalue weighted by Gasteiger charge is 2.23. The van der Waals surface area contributed by atoms with Crippen LogP contribution in [0, 0.1) is 0 Å². The third kappa shape index (κ3) is 6.29. The third-order valence-corrected chi connectivity index (χ3v) is 4.82. The number of hydrogen-bond acceptors (Lipinski definition) is 7. The minimum atomic E-state index is -4.16. The highest BCUT2D eigenvalue weighted by atomic mass is 32.2. The van der Waals surface area contributed by atoms with Crippen molar-refractivity contribution < 1.29 is 32.3 Å². The minimum absolute atomic E-state index is 0.0464. The molecule has 0 spiro atoms. The molecule has 0 bridgehead atoms. The molecule has 0 aromatic heterocycles. The van der Waals surface area contributed by atoms with Crippen molar-refractivity contribution in [2.75, 3.05) is 7.11 Å². The van der Waals surface area contributed by atoms with Crippen molar-refractivity contribution in [2.24, 2.45) is 5.14 Å². The largest absolute Gasteiger partial charge is 0.495 e. The van der Waals surface area contributed by atoms with Crippen molar-refractivity contribution in [1.29, 1.82) is 0 Å². The smallest absolute Gasteiger partial charge is 0.338 e. The molecular formula is C19H21N3O7S. The van der Waals surface area contributed by atoms with Gasteiger partial charge in [0.25, 0.3) is 5.91 Å². The average molecular weight is 435 g/mol. The second-order valence-electron chi connectivity index (χ2n) is 6.12. The molecule has 0 aliphatic carbocycles. The Hall–Kier alpha value is -3.44. The summed E-state index contributed by atoms with van der Waals surface area (Å²) in [6, 6.07) is 11.8. The number of methoxy groups -OCH3 is 1. The van der Waals surface area contributed by atoms with Crippen molar-refractivity contribution in [3.05, 3.63) is 59.7 Å². The Morgan fingerprint density at radius 1 is 1.10 bits per heavy atom. The summed E-state index contributed by atoms with van der Waals surface area (Å²) >= 11 is 0. The molecule has 1 atom stereocenters. The lowest BCUT2D eigenvalue weighted by Crippen LogP contribution is -2.44. The summed E-state index contributed by atoms with van der Waals surface area (Å²) in [6.07, 6.45) is -1.32. The van der Waals surface area contributed by atoms with E-state index >= 15 is 0 Å². The maximum absolute atomic E-state index is 12.3. The van der Waals surface area contributed by atoms with Crippen molar-refractivity contribution in [3.8, 4) is 5.75 Å². The molecular weight excluding hydrogens is 414 g/mol. The van der Waals surface area contributed by atoms with E-state index in [1.165, 1.54) is 26.2 Å². The van der Waals surface area contributed by atoms with Gasteiger partial charge in [0.2, 0.25) is 10.0 Å². The van der Waals surface area contributed by atoms with Gasteiger partial charge in [-0.15, -0.1) is 0 Å². The van der Waals surface area contributed by atoms with Gasteiger partial charge in [-0.1, -0.05) is 30.3 Å². The van der Waals surface area contributed by atoms with E-state index < -0.39 is 38.9 Å². The molecule has 0 saturated heterocycles. The highest BCUT2D eigenvalue weighted by molar-refractivity contribution is 7.89. The van der Waals surface area contributed by atoms with Crippen LogP contribution in [0.5, 0.6) is 5.75 Å². The molecule has 0 heterocycles. The predicted molar refractivity (Wildman–Crippen MR) is 106 cm³/mol.